The zero-order valence-electron chi connectivity index (χ0n) is 13.5. The molecule has 3 rings (SSSR count). The van der Waals surface area contributed by atoms with Crippen LogP contribution in [0, 0.1) is 11.3 Å². The Balaban J connectivity index is 2.10. The first-order chi connectivity index (χ1) is 10.0. The molecule has 2 heterocycles. The van der Waals surface area contributed by atoms with E-state index in [1.807, 2.05) is 11.7 Å². The summed E-state index contributed by atoms with van der Waals surface area (Å²) in [7, 11) is 2.03. The lowest BCUT2D eigenvalue weighted by Crippen LogP contribution is -2.20. The van der Waals surface area contributed by atoms with E-state index >= 15 is 0 Å². The summed E-state index contributed by atoms with van der Waals surface area (Å²) in [5, 5.41) is 4.63. The number of alkyl halides is 1. The smallest absolute Gasteiger partial charge is 0.158 e. The zero-order chi connectivity index (χ0) is 15.2. The molecular formula is C16H25ClN4. The summed E-state index contributed by atoms with van der Waals surface area (Å²) in [6.07, 6.45) is 4.39. The second-order valence-electron chi connectivity index (χ2n) is 6.67. The average molecular weight is 309 g/mol. The van der Waals surface area contributed by atoms with Crippen LogP contribution < -0.4 is 0 Å². The molecule has 1 fully saturated rings. The fraction of sp³-hybridized carbons (Fsp3) is 0.750. The largest absolute Gasteiger partial charge is 0.312 e. The Hall–Kier alpha value is -1.03. The van der Waals surface area contributed by atoms with Crippen LogP contribution in [0.15, 0.2) is 0 Å². The molecule has 0 aliphatic heterocycles. The zero-order valence-corrected chi connectivity index (χ0v) is 14.2. The van der Waals surface area contributed by atoms with Crippen LogP contribution in [0.1, 0.15) is 45.1 Å². The molecule has 21 heavy (non-hydrogen) atoms. The van der Waals surface area contributed by atoms with Crippen LogP contribution in [0.3, 0.4) is 0 Å². The van der Waals surface area contributed by atoms with Crippen molar-refractivity contribution in [2.24, 2.45) is 18.4 Å². The van der Waals surface area contributed by atoms with Gasteiger partial charge in [0.25, 0.3) is 0 Å². The average Bonchev–Trinajstić information content (AvgIpc) is 3.06. The van der Waals surface area contributed by atoms with E-state index in [1.54, 1.807) is 0 Å². The molecule has 0 spiro atoms. The Kier molecular flexibility index (Phi) is 3.76. The molecule has 1 aliphatic carbocycles. The molecule has 5 heteroatoms. The number of hydrogen-bond donors (Lipinski definition) is 0. The highest BCUT2D eigenvalue weighted by atomic mass is 35.5. The van der Waals surface area contributed by atoms with Crippen LogP contribution in [-0.4, -0.2) is 25.2 Å². The molecule has 0 bridgehead atoms. The first-order valence-corrected chi connectivity index (χ1v) is 8.53. The van der Waals surface area contributed by atoms with Crippen molar-refractivity contribution in [2.45, 2.75) is 53.0 Å². The second-order valence-corrected chi connectivity index (χ2v) is 7.04. The van der Waals surface area contributed by atoms with Gasteiger partial charge >= 0.3 is 0 Å². The molecule has 0 amide bonds. The molecule has 0 atom stereocenters. The van der Waals surface area contributed by atoms with Crippen LogP contribution in [0.25, 0.3) is 11.2 Å². The summed E-state index contributed by atoms with van der Waals surface area (Å²) in [6.45, 7) is 7.86. The number of aromatic nitrogens is 4. The molecule has 0 N–H and O–H groups in total. The fourth-order valence-electron chi connectivity index (χ4n) is 3.36. The number of nitrogens with zero attached hydrogens (tertiary/aromatic N) is 4. The van der Waals surface area contributed by atoms with Crippen molar-refractivity contribution >= 4 is 22.8 Å². The van der Waals surface area contributed by atoms with Crippen LogP contribution in [-0.2, 0) is 26.4 Å². The summed E-state index contributed by atoms with van der Waals surface area (Å²) < 4.78 is 4.38. The van der Waals surface area contributed by atoms with Gasteiger partial charge in [-0.05, 0) is 30.6 Å². The lowest BCUT2D eigenvalue weighted by molar-refractivity contribution is 0.307. The highest BCUT2D eigenvalue weighted by molar-refractivity contribution is 6.17. The van der Waals surface area contributed by atoms with E-state index in [1.165, 1.54) is 18.5 Å². The van der Waals surface area contributed by atoms with Gasteiger partial charge in [-0.1, -0.05) is 20.8 Å². The van der Waals surface area contributed by atoms with Crippen LogP contribution in [0.2, 0.25) is 0 Å². The van der Waals surface area contributed by atoms with E-state index in [2.05, 4.69) is 30.4 Å². The first-order valence-electron chi connectivity index (χ1n) is 7.99. The van der Waals surface area contributed by atoms with Crippen LogP contribution >= 0.6 is 11.6 Å². The van der Waals surface area contributed by atoms with E-state index in [0.717, 1.165) is 36.4 Å². The summed E-state index contributed by atoms with van der Waals surface area (Å²) in [4.78, 5) is 4.86. The summed E-state index contributed by atoms with van der Waals surface area (Å²) in [5.74, 6) is 2.44. The topological polar surface area (TPSA) is 35.6 Å². The standard InChI is InChI=1S/C16H25ClN4/c1-5-12-14-15(20(4)19-12)21(13(18-14)6-9-17)10-16(7-8-16)11(2)3/h11H,5-10H2,1-4H3. The predicted molar refractivity (Wildman–Crippen MR) is 86.8 cm³/mol. The Labute approximate surface area is 131 Å². The lowest BCUT2D eigenvalue weighted by Gasteiger charge is -2.22. The van der Waals surface area contributed by atoms with Gasteiger partial charge < -0.3 is 4.57 Å². The fourth-order valence-corrected chi connectivity index (χ4v) is 3.53. The third kappa shape index (κ3) is 2.37. The lowest BCUT2D eigenvalue weighted by atomic mass is 9.92. The summed E-state index contributed by atoms with van der Waals surface area (Å²) >= 11 is 5.99. The molecule has 116 valence electrons. The Bertz CT molecular complexity index is 649. The van der Waals surface area contributed by atoms with Crippen molar-refractivity contribution < 1.29 is 0 Å². The summed E-state index contributed by atoms with van der Waals surface area (Å²) in [5.41, 5.74) is 3.78. The van der Waals surface area contributed by atoms with Gasteiger partial charge in [0.1, 0.15) is 11.3 Å². The number of hydrogen-bond acceptors (Lipinski definition) is 2. The number of fused-ring (bicyclic) bond motifs is 1. The van der Waals surface area contributed by atoms with Crippen molar-refractivity contribution in [3.63, 3.8) is 0 Å². The molecule has 1 saturated carbocycles. The maximum absolute atomic E-state index is 5.99. The van der Waals surface area contributed by atoms with Gasteiger partial charge in [0.15, 0.2) is 5.65 Å². The minimum atomic E-state index is 0.450. The highest BCUT2D eigenvalue weighted by Gasteiger charge is 2.46. The monoisotopic (exact) mass is 308 g/mol. The molecule has 0 radical (unpaired) electrons. The minimum absolute atomic E-state index is 0.450. The molecule has 2 aromatic rings. The van der Waals surface area contributed by atoms with E-state index in [-0.39, 0.29) is 0 Å². The van der Waals surface area contributed by atoms with Crippen LogP contribution in [0.5, 0.6) is 0 Å². The maximum Gasteiger partial charge on any atom is 0.158 e. The van der Waals surface area contributed by atoms with Gasteiger partial charge in [0, 0.05) is 25.9 Å². The number of rotatable bonds is 6. The van der Waals surface area contributed by atoms with E-state index in [4.69, 9.17) is 16.6 Å². The minimum Gasteiger partial charge on any atom is -0.312 e. The van der Waals surface area contributed by atoms with Gasteiger partial charge in [-0.15, -0.1) is 11.6 Å². The predicted octanol–water partition coefficient (Wildman–Crippen LogP) is 3.55. The van der Waals surface area contributed by atoms with Crippen molar-refractivity contribution in [3.8, 4) is 0 Å². The molecule has 0 saturated heterocycles. The van der Waals surface area contributed by atoms with Gasteiger partial charge in [-0.3, -0.25) is 4.68 Å². The molecule has 4 nitrogen and oxygen atoms in total. The Morgan fingerprint density at radius 1 is 1.33 bits per heavy atom. The van der Waals surface area contributed by atoms with Gasteiger partial charge in [0.2, 0.25) is 0 Å². The van der Waals surface area contributed by atoms with Crippen molar-refractivity contribution in [1.82, 2.24) is 19.3 Å². The Morgan fingerprint density at radius 3 is 2.57 bits per heavy atom. The van der Waals surface area contributed by atoms with Gasteiger partial charge in [0.05, 0.1) is 5.69 Å². The molecule has 2 aromatic heterocycles. The second kappa shape index (κ2) is 5.31. The molecule has 1 aliphatic rings. The van der Waals surface area contributed by atoms with Crippen molar-refractivity contribution in [1.29, 1.82) is 0 Å². The molecule has 0 unspecified atom stereocenters. The Morgan fingerprint density at radius 2 is 2.05 bits per heavy atom. The number of aryl methyl sites for hydroxylation is 3. The van der Waals surface area contributed by atoms with Crippen LogP contribution in [0.4, 0.5) is 0 Å². The third-order valence-electron chi connectivity index (χ3n) is 5.11. The normalized spacial score (nSPS) is 17.0. The van der Waals surface area contributed by atoms with Gasteiger partial charge in [-0.25, -0.2) is 4.98 Å². The quantitative estimate of drug-likeness (QED) is 0.765. The van der Waals surface area contributed by atoms with Gasteiger partial charge in [-0.2, -0.15) is 5.10 Å². The van der Waals surface area contributed by atoms with E-state index < -0.39 is 0 Å². The third-order valence-corrected chi connectivity index (χ3v) is 5.30. The molecular weight excluding hydrogens is 284 g/mol. The van der Waals surface area contributed by atoms with Crippen molar-refractivity contribution in [3.05, 3.63) is 11.5 Å². The van der Waals surface area contributed by atoms with Crippen molar-refractivity contribution in [2.75, 3.05) is 5.88 Å². The first kappa shape index (κ1) is 14.9. The SMILES string of the molecule is CCc1nn(C)c2c1nc(CCCl)n2CC1(C(C)C)CC1. The summed E-state index contributed by atoms with van der Waals surface area (Å²) in [6, 6.07) is 0. The van der Waals surface area contributed by atoms with E-state index in [0.29, 0.717) is 17.2 Å². The highest BCUT2D eigenvalue weighted by Crippen LogP contribution is 2.53. The number of imidazole rings is 1. The number of halogens is 1. The van der Waals surface area contributed by atoms with E-state index in [9.17, 15) is 0 Å². The molecule has 0 aromatic carbocycles. The maximum atomic E-state index is 5.99.